The highest BCUT2D eigenvalue weighted by atomic mass is 32.2. The van der Waals surface area contributed by atoms with Gasteiger partial charge in [-0.3, -0.25) is 14.4 Å². The van der Waals surface area contributed by atoms with Gasteiger partial charge in [0.15, 0.2) is 0 Å². The molecule has 34 heavy (non-hydrogen) atoms. The molecule has 0 aromatic carbocycles. The first-order chi connectivity index (χ1) is 16.2. The number of amides is 2. The van der Waals surface area contributed by atoms with E-state index in [1.54, 1.807) is 29.7 Å². The summed E-state index contributed by atoms with van der Waals surface area (Å²) in [5.74, 6) is -1.70. The Balaban J connectivity index is 2.10. The maximum absolute atomic E-state index is 14.3. The summed E-state index contributed by atoms with van der Waals surface area (Å²) in [6.07, 6.45) is 5.46. The van der Waals surface area contributed by atoms with E-state index in [-0.39, 0.29) is 48.1 Å². The highest BCUT2D eigenvalue weighted by Crippen LogP contribution is 2.69. The van der Waals surface area contributed by atoms with Crippen molar-refractivity contribution in [3.63, 3.8) is 0 Å². The first-order valence-corrected chi connectivity index (χ1v) is 13.8. The molecule has 0 saturated carbocycles. The van der Waals surface area contributed by atoms with Gasteiger partial charge in [0.25, 0.3) is 0 Å². The Kier molecular flexibility index (Phi) is 8.77. The molecule has 3 saturated heterocycles. The summed E-state index contributed by atoms with van der Waals surface area (Å²) in [7, 11) is 0. The lowest BCUT2D eigenvalue weighted by Crippen LogP contribution is -2.60. The third-order valence-corrected chi connectivity index (χ3v) is 10.1. The molecule has 0 aromatic heterocycles. The average Bonchev–Trinajstić information content (AvgIpc) is 3.38. The minimum Gasteiger partial charge on any atom is -0.466 e. The number of unbranched alkanes of at least 4 members (excludes halogenated alkanes) is 2. The van der Waals surface area contributed by atoms with Crippen LogP contribution in [-0.2, 0) is 19.1 Å². The first kappa shape index (κ1) is 27.1. The van der Waals surface area contributed by atoms with Gasteiger partial charge < -0.3 is 19.6 Å². The highest BCUT2D eigenvalue weighted by molar-refractivity contribution is 8.02. The van der Waals surface area contributed by atoms with Crippen molar-refractivity contribution in [3.8, 4) is 0 Å². The summed E-state index contributed by atoms with van der Waals surface area (Å²) in [5, 5.41) is 10.3. The number of carbonyl (C=O) groups is 3. The average molecular weight is 495 g/mol. The third-order valence-electron chi connectivity index (χ3n) is 7.98. The standard InChI is InChI=1S/C26H42N2O5S/c1-7-10-11-13-27(12-8-2)24(31)22-26-17(6)14-19(34-26)20(25(32)33-9-3)21(26)23(30)28(22)18(15-29)16(4)5/h8,16-22,29H,2,7,9-15H2,1,3-6H3/t17?,18-,19-,20+,21-,22?,26?/m0/s1. The zero-order valence-electron chi connectivity index (χ0n) is 21.4. The molecule has 192 valence electrons. The minimum atomic E-state index is -0.712. The predicted molar refractivity (Wildman–Crippen MR) is 134 cm³/mol. The molecule has 0 radical (unpaired) electrons. The van der Waals surface area contributed by atoms with Crippen LogP contribution in [0.1, 0.15) is 60.3 Å². The molecule has 1 spiro atoms. The number of aliphatic hydroxyl groups excluding tert-OH is 1. The van der Waals surface area contributed by atoms with Gasteiger partial charge >= 0.3 is 5.97 Å². The van der Waals surface area contributed by atoms with Crippen LogP contribution in [-0.4, -0.2) is 81.1 Å². The van der Waals surface area contributed by atoms with Gasteiger partial charge in [-0.05, 0) is 31.6 Å². The van der Waals surface area contributed by atoms with Crippen molar-refractivity contribution in [3.05, 3.63) is 12.7 Å². The molecule has 3 unspecified atom stereocenters. The summed E-state index contributed by atoms with van der Waals surface area (Å²) >= 11 is 1.65. The van der Waals surface area contributed by atoms with Gasteiger partial charge in [0, 0.05) is 18.3 Å². The second-order valence-corrected chi connectivity index (χ2v) is 11.9. The quantitative estimate of drug-likeness (QED) is 0.255. The molecule has 1 N–H and O–H groups in total. The van der Waals surface area contributed by atoms with Gasteiger partial charge in [-0.15, -0.1) is 18.3 Å². The lowest BCUT2D eigenvalue weighted by Gasteiger charge is -2.42. The molecule has 7 atom stereocenters. The molecule has 7 nitrogen and oxygen atoms in total. The van der Waals surface area contributed by atoms with E-state index in [0.717, 1.165) is 25.7 Å². The first-order valence-electron chi connectivity index (χ1n) is 12.9. The van der Waals surface area contributed by atoms with Crippen molar-refractivity contribution in [2.24, 2.45) is 23.7 Å². The number of carbonyl (C=O) groups excluding carboxylic acids is 3. The van der Waals surface area contributed by atoms with Crippen molar-refractivity contribution in [1.29, 1.82) is 0 Å². The molecule has 0 aromatic rings. The molecule has 3 aliphatic rings. The van der Waals surface area contributed by atoms with Crippen LogP contribution in [0.3, 0.4) is 0 Å². The second-order valence-electron chi connectivity index (χ2n) is 10.3. The normalized spacial score (nSPS) is 32.7. The number of rotatable bonds is 12. The van der Waals surface area contributed by atoms with E-state index in [1.807, 2.05) is 18.7 Å². The maximum Gasteiger partial charge on any atom is 0.310 e. The number of likely N-dealkylation sites (tertiary alicyclic amines) is 1. The van der Waals surface area contributed by atoms with Gasteiger partial charge in [-0.1, -0.05) is 46.6 Å². The Labute approximate surface area is 208 Å². The Morgan fingerprint density at radius 2 is 2.06 bits per heavy atom. The Morgan fingerprint density at radius 1 is 1.35 bits per heavy atom. The molecule has 3 rings (SSSR count). The number of thioether (sulfide) groups is 1. The van der Waals surface area contributed by atoms with Crippen LogP contribution in [0, 0.1) is 23.7 Å². The van der Waals surface area contributed by atoms with Gasteiger partial charge in [0.1, 0.15) is 6.04 Å². The van der Waals surface area contributed by atoms with Crippen LogP contribution in [0.2, 0.25) is 0 Å². The Morgan fingerprint density at radius 3 is 2.62 bits per heavy atom. The lowest BCUT2D eigenvalue weighted by atomic mass is 9.66. The number of nitrogens with zero attached hydrogens (tertiary/aromatic N) is 2. The fourth-order valence-corrected chi connectivity index (χ4v) is 8.79. The van der Waals surface area contributed by atoms with Crippen LogP contribution < -0.4 is 0 Å². The van der Waals surface area contributed by atoms with Crippen molar-refractivity contribution in [1.82, 2.24) is 9.80 Å². The maximum atomic E-state index is 14.3. The highest BCUT2D eigenvalue weighted by Gasteiger charge is 2.77. The molecule has 3 fully saturated rings. The fraction of sp³-hybridized carbons (Fsp3) is 0.808. The smallest absolute Gasteiger partial charge is 0.310 e. The van der Waals surface area contributed by atoms with Crippen molar-refractivity contribution in [2.45, 2.75) is 82.4 Å². The Bertz CT molecular complexity index is 789. The molecule has 0 aliphatic carbocycles. The Hall–Kier alpha value is -1.54. The molecular formula is C26H42N2O5S. The van der Waals surface area contributed by atoms with Gasteiger partial charge in [-0.25, -0.2) is 0 Å². The topological polar surface area (TPSA) is 87.2 Å². The van der Waals surface area contributed by atoms with Crippen LogP contribution in [0.15, 0.2) is 12.7 Å². The molecule has 2 bridgehead atoms. The minimum absolute atomic E-state index is 0.0278. The monoisotopic (exact) mass is 494 g/mol. The van der Waals surface area contributed by atoms with Gasteiger partial charge in [-0.2, -0.15) is 0 Å². The number of ether oxygens (including phenoxy) is 1. The predicted octanol–water partition coefficient (Wildman–Crippen LogP) is 3.11. The molecule has 8 heteroatoms. The molecule has 3 heterocycles. The van der Waals surface area contributed by atoms with E-state index < -0.39 is 28.7 Å². The van der Waals surface area contributed by atoms with Gasteiger partial charge in [0.2, 0.25) is 11.8 Å². The zero-order valence-corrected chi connectivity index (χ0v) is 22.2. The van der Waals surface area contributed by atoms with E-state index in [9.17, 15) is 19.5 Å². The molecular weight excluding hydrogens is 452 g/mol. The third kappa shape index (κ3) is 4.29. The molecule has 2 amide bonds. The number of hydrogen-bond acceptors (Lipinski definition) is 6. The fourth-order valence-electron chi connectivity index (χ4n) is 6.40. The van der Waals surface area contributed by atoms with Crippen LogP contribution in [0.5, 0.6) is 0 Å². The number of fused-ring (bicyclic) bond motifs is 1. The summed E-state index contributed by atoms with van der Waals surface area (Å²) in [5.41, 5.74) is 0. The summed E-state index contributed by atoms with van der Waals surface area (Å²) in [6.45, 7) is 14.8. The van der Waals surface area contributed by atoms with Crippen LogP contribution in [0.25, 0.3) is 0 Å². The van der Waals surface area contributed by atoms with E-state index in [0.29, 0.717) is 13.1 Å². The summed E-state index contributed by atoms with van der Waals surface area (Å²) < 4.78 is 4.71. The van der Waals surface area contributed by atoms with E-state index in [2.05, 4.69) is 20.4 Å². The van der Waals surface area contributed by atoms with E-state index in [1.165, 1.54) is 0 Å². The largest absolute Gasteiger partial charge is 0.466 e. The van der Waals surface area contributed by atoms with E-state index in [4.69, 9.17) is 4.74 Å². The number of esters is 1. The van der Waals surface area contributed by atoms with Gasteiger partial charge in [0.05, 0.1) is 35.8 Å². The summed E-state index contributed by atoms with van der Waals surface area (Å²) in [4.78, 5) is 44.9. The van der Waals surface area contributed by atoms with Crippen LogP contribution >= 0.6 is 11.8 Å². The van der Waals surface area contributed by atoms with Crippen molar-refractivity contribution >= 4 is 29.5 Å². The number of aliphatic hydroxyl groups is 1. The zero-order chi connectivity index (χ0) is 25.2. The van der Waals surface area contributed by atoms with E-state index >= 15 is 0 Å². The van der Waals surface area contributed by atoms with Crippen molar-refractivity contribution in [2.75, 3.05) is 26.3 Å². The SMILES string of the molecule is C=CCN(CCCCC)C(=O)C1N([C@@H](CO)C(C)C)C(=O)[C@@H]2[C@H](C(=O)OCC)[C@@H]3CC(C)C12S3. The second kappa shape index (κ2) is 11.0. The van der Waals surface area contributed by atoms with Crippen LogP contribution in [0.4, 0.5) is 0 Å². The lowest BCUT2D eigenvalue weighted by molar-refractivity contribution is -0.154. The van der Waals surface area contributed by atoms with Crippen molar-refractivity contribution < 1.29 is 24.2 Å². The number of hydrogen-bond donors (Lipinski definition) is 1. The molecule has 3 aliphatic heterocycles. The summed E-state index contributed by atoms with van der Waals surface area (Å²) in [6, 6.07) is -1.20.